The molecule has 0 bridgehead atoms. The third-order valence-electron chi connectivity index (χ3n) is 4.41. The van der Waals surface area contributed by atoms with Crippen LogP contribution in [0.2, 0.25) is 0 Å². The highest BCUT2D eigenvalue weighted by Crippen LogP contribution is 2.33. The Kier molecular flexibility index (Phi) is 3.42. The fourth-order valence-corrected chi connectivity index (χ4v) is 2.97. The number of rotatable bonds is 4. The van der Waals surface area contributed by atoms with Gasteiger partial charge in [-0.3, -0.25) is 9.78 Å². The maximum Gasteiger partial charge on any atom is 0.272 e. The standard InChI is InChI=1S/C18H18N4O/c19-8-17-16-7-13(3-4-15(16)18(23)22-21-17)14-6-12(9-20-10-14)5-11-1-2-11/h3-4,6-7,9-11H,1-2,5,8,19H2,(H,22,23). The Morgan fingerprint density at radius 1 is 1.13 bits per heavy atom. The smallest absolute Gasteiger partial charge is 0.272 e. The van der Waals surface area contributed by atoms with Crippen LogP contribution in [-0.2, 0) is 13.0 Å². The molecule has 0 saturated heterocycles. The number of pyridine rings is 1. The third-order valence-corrected chi connectivity index (χ3v) is 4.41. The molecule has 3 N–H and O–H groups in total. The van der Waals surface area contributed by atoms with E-state index in [-0.39, 0.29) is 12.1 Å². The van der Waals surface area contributed by atoms with Gasteiger partial charge in [-0.25, -0.2) is 5.10 Å². The lowest BCUT2D eigenvalue weighted by molar-refractivity contribution is 0.828. The average molecular weight is 306 g/mol. The quantitative estimate of drug-likeness (QED) is 0.775. The number of nitrogens with one attached hydrogen (secondary N) is 1. The van der Waals surface area contributed by atoms with Gasteiger partial charge in [-0.2, -0.15) is 5.10 Å². The monoisotopic (exact) mass is 306 g/mol. The number of hydrogen-bond donors (Lipinski definition) is 2. The molecule has 116 valence electrons. The van der Waals surface area contributed by atoms with Crippen LogP contribution in [0, 0.1) is 5.92 Å². The molecular formula is C18H18N4O. The largest absolute Gasteiger partial charge is 0.325 e. The van der Waals surface area contributed by atoms with Gasteiger partial charge in [0, 0.05) is 29.9 Å². The van der Waals surface area contributed by atoms with Gasteiger partial charge in [0.1, 0.15) is 0 Å². The van der Waals surface area contributed by atoms with E-state index in [0.717, 1.165) is 28.9 Å². The van der Waals surface area contributed by atoms with Crippen molar-refractivity contribution in [2.45, 2.75) is 25.8 Å². The molecule has 0 spiro atoms. The van der Waals surface area contributed by atoms with Crippen molar-refractivity contribution in [3.63, 3.8) is 0 Å². The van der Waals surface area contributed by atoms with Gasteiger partial charge in [0.05, 0.1) is 11.1 Å². The summed E-state index contributed by atoms with van der Waals surface area (Å²) in [5.41, 5.74) is 9.62. The fraction of sp³-hybridized carbons (Fsp3) is 0.278. The van der Waals surface area contributed by atoms with Crippen molar-refractivity contribution >= 4 is 10.8 Å². The van der Waals surface area contributed by atoms with E-state index < -0.39 is 0 Å². The highest BCUT2D eigenvalue weighted by atomic mass is 16.1. The molecule has 1 aliphatic carbocycles. The minimum absolute atomic E-state index is 0.190. The van der Waals surface area contributed by atoms with Gasteiger partial charge in [0.15, 0.2) is 0 Å². The molecule has 2 aromatic heterocycles. The molecule has 2 heterocycles. The molecule has 1 aliphatic rings. The summed E-state index contributed by atoms with van der Waals surface area (Å²) in [5.74, 6) is 0.829. The highest BCUT2D eigenvalue weighted by Gasteiger charge is 2.21. The molecule has 3 aromatic rings. The predicted molar refractivity (Wildman–Crippen MR) is 89.9 cm³/mol. The summed E-state index contributed by atoms with van der Waals surface area (Å²) in [6, 6.07) is 7.96. The molecule has 0 unspecified atom stereocenters. The number of aromatic nitrogens is 3. The van der Waals surface area contributed by atoms with Gasteiger partial charge in [0.25, 0.3) is 5.56 Å². The van der Waals surface area contributed by atoms with Crippen LogP contribution in [0.4, 0.5) is 0 Å². The van der Waals surface area contributed by atoms with Crippen LogP contribution in [0.3, 0.4) is 0 Å². The van der Waals surface area contributed by atoms with Crippen molar-refractivity contribution in [3.8, 4) is 11.1 Å². The van der Waals surface area contributed by atoms with E-state index in [1.54, 1.807) is 0 Å². The summed E-state index contributed by atoms with van der Waals surface area (Å²) in [5, 5.41) is 7.96. The van der Waals surface area contributed by atoms with Gasteiger partial charge >= 0.3 is 0 Å². The maximum atomic E-state index is 11.9. The zero-order valence-electron chi connectivity index (χ0n) is 12.7. The van der Waals surface area contributed by atoms with Crippen molar-refractivity contribution < 1.29 is 0 Å². The van der Waals surface area contributed by atoms with Crippen LogP contribution >= 0.6 is 0 Å². The highest BCUT2D eigenvalue weighted by molar-refractivity contribution is 5.88. The summed E-state index contributed by atoms with van der Waals surface area (Å²) in [7, 11) is 0. The van der Waals surface area contributed by atoms with E-state index in [1.807, 2.05) is 30.6 Å². The van der Waals surface area contributed by atoms with E-state index in [0.29, 0.717) is 11.1 Å². The number of hydrogen-bond acceptors (Lipinski definition) is 4. The Morgan fingerprint density at radius 2 is 2.00 bits per heavy atom. The summed E-state index contributed by atoms with van der Waals surface area (Å²) in [6.45, 7) is 0.288. The summed E-state index contributed by atoms with van der Waals surface area (Å²) in [4.78, 5) is 16.3. The number of nitrogens with zero attached hydrogens (tertiary/aromatic N) is 2. The molecular weight excluding hydrogens is 288 g/mol. The molecule has 1 aromatic carbocycles. The van der Waals surface area contributed by atoms with Gasteiger partial charge in [-0.15, -0.1) is 0 Å². The third kappa shape index (κ3) is 2.75. The first-order valence-corrected chi connectivity index (χ1v) is 7.90. The molecule has 1 saturated carbocycles. The maximum absolute atomic E-state index is 11.9. The number of fused-ring (bicyclic) bond motifs is 1. The Morgan fingerprint density at radius 3 is 2.78 bits per heavy atom. The first kappa shape index (κ1) is 14.1. The van der Waals surface area contributed by atoms with Crippen LogP contribution in [0.1, 0.15) is 24.1 Å². The Balaban J connectivity index is 1.81. The first-order chi connectivity index (χ1) is 11.2. The number of benzene rings is 1. The molecule has 0 atom stereocenters. The van der Waals surface area contributed by atoms with Crippen LogP contribution in [-0.4, -0.2) is 15.2 Å². The first-order valence-electron chi connectivity index (χ1n) is 7.90. The van der Waals surface area contributed by atoms with Crippen molar-refractivity contribution in [2.75, 3.05) is 0 Å². The van der Waals surface area contributed by atoms with E-state index in [4.69, 9.17) is 5.73 Å². The minimum Gasteiger partial charge on any atom is -0.325 e. The van der Waals surface area contributed by atoms with Crippen LogP contribution < -0.4 is 11.3 Å². The fourth-order valence-electron chi connectivity index (χ4n) is 2.97. The minimum atomic E-state index is -0.190. The van der Waals surface area contributed by atoms with Crippen molar-refractivity contribution in [1.29, 1.82) is 0 Å². The van der Waals surface area contributed by atoms with Crippen molar-refractivity contribution in [1.82, 2.24) is 15.2 Å². The summed E-state index contributed by atoms with van der Waals surface area (Å²) in [6.07, 6.45) is 7.56. The summed E-state index contributed by atoms with van der Waals surface area (Å²) >= 11 is 0. The zero-order chi connectivity index (χ0) is 15.8. The van der Waals surface area contributed by atoms with Gasteiger partial charge in [-0.05, 0) is 54.5 Å². The van der Waals surface area contributed by atoms with Gasteiger partial charge < -0.3 is 5.73 Å². The lowest BCUT2D eigenvalue weighted by Gasteiger charge is -2.07. The normalized spacial score (nSPS) is 14.3. The van der Waals surface area contributed by atoms with Crippen LogP contribution in [0.25, 0.3) is 21.9 Å². The van der Waals surface area contributed by atoms with Crippen LogP contribution in [0.5, 0.6) is 0 Å². The molecule has 23 heavy (non-hydrogen) atoms. The molecule has 0 radical (unpaired) electrons. The second-order valence-electron chi connectivity index (χ2n) is 6.19. The van der Waals surface area contributed by atoms with E-state index in [9.17, 15) is 4.79 Å². The number of H-pyrrole nitrogens is 1. The lowest BCUT2D eigenvalue weighted by Crippen LogP contribution is -2.13. The molecule has 1 fully saturated rings. The topological polar surface area (TPSA) is 84.7 Å². The van der Waals surface area contributed by atoms with Gasteiger partial charge in [-0.1, -0.05) is 6.07 Å². The Hall–Kier alpha value is -2.53. The SMILES string of the molecule is NCc1n[nH]c(=O)c2ccc(-c3cncc(CC4CC4)c3)cc12. The number of aromatic amines is 1. The average Bonchev–Trinajstić information content (AvgIpc) is 3.39. The van der Waals surface area contributed by atoms with E-state index >= 15 is 0 Å². The van der Waals surface area contributed by atoms with Crippen LogP contribution in [0.15, 0.2) is 41.5 Å². The molecule has 5 heteroatoms. The lowest BCUT2D eigenvalue weighted by atomic mass is 10.0. The summed E-state index contributed by atoms with van der Waals surface area (Å²) < 4.78 is 0. The Bertz CT molecular complexity index is 928. The molecule has 0 aliphatic heterocycles. The second kappa shape index (κ2) is 5.59. The van der Waals surface area contributed by atoms with E-state index in [2.05, 4.69) is 21.2 Å². The molecule has 5 nitrogen and oxygen atoms in total. The van der Waals surface area contributed by atoms with E-state index in [1.165, 1.54) is 18.4 Å². The molecule has 4 rings (SSSR count). The van der Waals surface area contributed by atoms with Gasteiger partial charge in [0.2, 0.25) is 0 Å². The Labute approximate surface area is 133 Å². The second-order valence-corrected chi connectivity index (χ2v) is 6.19. The predicted octanol–water partition coefficient (Wildman–Crippen LogP) is 2.40. The molecule has 0 amide bonds. The zero-order valence-corrected chi connectivity index (χ0v) is 12.7. The van der Waals surface area contributed by atoms with Crippen molar-refractivity contribution in [3.05, 3.63) is 58.3 Å². The number of nitrogens with two attached hydrogens (primary N) is 1. The van der Waals surface area contributed by atoms with Crippen molar-refractivity contribution in [2.24, 2.45) is 11.7 Å².